The lowest BCUT2D eigenvalue weighted by molar-refractivity contribution is 0.392. The highest BCUT2D eigenvalue weighted by atomic mass is 14.3. The number of fused-ring (bicyclic) bond motifs is 3. The first-order valence-electron chi connectivity index (χ1n) is 7.81. The summed E-state index contributed by atoms with van der Waals surface area (Å²) >= 11 is 0. The third kappa shape index (κ3) is 2.58. The van der Waals surface area contributed by atoms with Crippen LogP contribution in [-0.2, 0) is 0 Å². The lowest BCUT2D eigenvalue weighted by atomic mass is 9.31. The molecule has 1 aromatic carbocycles. The Balaban J connectivity index is 2.03. The van der Waals surface area contributed by atoms with E-state index in [0.717, 1.165) is 11.7 Å². The van der Waals surface area contributed by atoms with E-state index in [9.17, 15) is 0 Å². The molecule has 2 fully saturated rings. The maximum absolute atomic E-state index is 3.85. The normalized spacial score (nSPS) is 30.3. The quantitative estimate of drug-likeness (QED) is 0.509. The lowest BCUT2D eigenvalue weighted by Crippen LogP contribution is -2.29. The molecule has 2 heterocycles. The second kappa shape index (κ2) is 5.84. The molecule has 2 aliphatic heterocycles. The van der Waals surface area contributed by atoms with Crippen LogP contribution in [0.25, 0.3) is 0 Å². The Bertz CT molecular complexity index is 448. The van der Waals surface area contributed by atoms with Gasteiger partial charge in [0.25, 0.3) is 0 Å². The van der Waals surface area contributed by atoms with Gasteiger partial charge in [-0.25, -0.2) is 0 Å². The van der Waals surface area contributed by atoms with Crippen LogP contribution >= 0.6 is 0 Å². The molecular formula is C18H23B. The van der Waals surface area contributed by atoms with Crippen molar-refractivity contribution < 1.29 is 0 Å². The molecule has 0 nitrogen and oxygen atoms in total. The van der Waals surface area contributed by atoms with Crippen molar-refractivity contribution in [2.24, 2.45) is 5.92 Å². The molecule has 2 aliphatic rings. The fraction of sp³-hybridized carbons (Fsp3) is 0.500. The molecule has 1 aromatic rings. The van der Waals surface area contributed by atoms with E-state index in [-0.39, 0.29) is 0 Å². The molecule has 2 saturated heterocycles. The maximum atomic E-state index is 3.85. The van der Waals surface area contributed by atoms with Crippen molar-refractivity contribution >= 4 is 6.71 Å². The predicted molar refractivity (Wildman–Crippen MR) is 83.6 cm³/mol. The van der Waals surface area contributed by atoms with Crippen molar-refractivity contribution in [3.63, 3.8) is 0 Å². The number of benzene rings is 1. The Morgan fingerprint density at radius 3 is 2.37 bits per heavy atom. The van der Waals surface area contributed by atoms with Crippen LogP contribution in [0.2, 0.25) is 5.82 Å². The first-order chi connectivity index (χ1) is 9.40. The van der Waals surface area contributed by atoms with Crippen molar-refractivity contribution in [2.45, 2.75) is 50.2 Å². The van der Waals surface area contributed by atoms with Gasteiger partial charge in [0.1, 0.15) is 0 Å². The Hall–Kier alpha value is -1.20. The average Bonchev–Trinajstić information content (AvgIpc) is 2.68. The lowest BCUT2D eigenvalue weighted by Gasteiger charge is -2.28. The maximum Gasteiger partial charge on any atom is 0.187 e. The molecule has 98 valence electrons. The standard InChI is InChI=1S/C18H23B/c1-2-14-19-17-12-6-10-16(11-7-13-17)18(19)15-8-4-3-5-9-15/h3-5,8-9,14,16-18H,1,6-7,10-13H2. The van der Waals surface area contributed by atoms with E-state index < -0.39 is 0 Å². The van der Waals surface area contributed by atoms with Gasteiger partial charge in [-0.3, -0.25) is 0 Å². The molecule has 1 heteroatoms. The molecule has 1 unspecified atom stereocenters. The summed E-state index contributed by atoms with van der Waals surface area (Å²) < 4.78 is 0. The Morgan fingerprint density at radius 2 is 1.74 bits per heavy atom. The second-order valence-electron chi connectivity index (χ2n) is 6.27. The minimum absolute atomic E-state index is 0.662. The zero-order chi connectivity index (χ0) is 13.1. The largest absolute Gasteiger partial charge is 0.187 e. The second-order valence-corrected chi connectivity index (χ2v) is 6.27. The first kappa shape index (κ1) is 12.8. The van der Waals surface area contributed by atoms with Gasteiger partial charge >= 0.3 is 0 Å². The topological polar surface area (TPSA) is 0 Å². The summed E-state index contributed by atoms with van der Waals surface area (Å²) in [5, 5.41) is 0. The molecular weight excluding hydrogens is 227 g/mol. The van der Waals surface area contributed by atoms with Crippen molar-refractivity contribution in [2.75, 3.05) is 0 Å². The third-order valence-electron chi connectivity index (χ3n) is 5.26. The van der Waals surface area contributed by atoms with E-state index in [4.69, 9.17) is 0 Å². The molecule has 19 heavy (non-hydrogen) atoms. The van der Waals surface area contributed by atoms with Gasteiger partial charge in [-0.1, -0.05) is 92.8 Å². The van der Waals surface area contributed by atoms with Crippen LogP contribution in [0.15, 0.2) is 48.6 Å². The van der Waals surface area contributed by atoms with Crippen LogP contribution in [0, 0.1) is 5.92 Å². The van der Waals surface area contributed by atoms with Gasteiger partial charge < -0.3 is 0 Å². The van der Waals surface area contributed by atoms with Crippen molar-refractivity contribution in [1.82, 2.24) is 0 Å². The SMILES string of the molecule is C=C=CB1C2CCCC(CCC2)C1c1ccccc1. The van der Waals surface area contributed by atoms with Gasteiger partial charge in [0.15, 0.2) is 6.71 Å². The summed E-state index contributed by atoms with van der Waals surface area (Å²) in [6.45, 7) is 4.51. The highest BCUT2D eigenvalue weighted by molar-refractivity contribution is 6.67. The highest BCUT2D eigenvalue weighted by Crippen LogP contribution is 2.47. The van der Waals surface area contributed by atoms with Gasteiger partial charge in [0.2, 0.25) is 0 Å². The molecule has 0 saturated carbocycles. The van der Waals surface area contributed by atoms with E-state index in [2.05, 4.69) is 48.6 Å². The van der Waals surface area contributed by atoms with Crippen molar-refractivity contribution in [3.8, 4) is 0 Å². The van der Waals surface area contributed by atoms with Gasteiger partial charge in [-0.15, -0.1) is 5.73 Å². The highest BCUT2D eigenvalue weighted by Gasteiger charge is 2.41. The minimum Gasteiger partial charge on any atom is -0.143 e. The minimum atomic E-state index is 0.662. The molecule has 3 rings (SSSR count). The van der Waals surface area contributed by atoms with E-state index in [1.165, 1.54) is 44.1 Å². The van der Waals surface area contributed by atoms with Crippen LogP contribution in [-0.4, -0.2) is 6.71 Å². The molecule has 0 radical (unpaired) electrons. The molecule has 0 spiro atoms. The van der Waals surface area contributed by atoms with Crippen LogP contribution in [0.3, 0.4) is 0 Å². The fourth-order valence-electron chi connectivity index (χ4n) is 4.47. The van der Waals surface area contributed by atoms with Gasteiger partial charge in [0.05, 0.1) is 0 Å². The van der Waals surface area contributed by atoms with Crippen molar-refractivity contribution in [3.05, 3.63) is 54.2 Å². The summed E-state index contributed by atoms with van der Waals surface area (Å²) in [6.07, 6.45) is 8.47. The summed E-state index contributed by atoms with van der Waals surface area (Å²) in [7, 11) is 0. The van der Waals surface area contributed by atoms with E-state index in [0.29, 0.717) is 12.5 Å². The Labute approximate surface area is 117 Å². The summed E-state index contributed by atoms with van der Waals surface area (Å²) in [4.78, 5) is 0. The summed E-state index contributed by atoms with van der Waals surface area (Å²) in [5.74, 6) is 4.70. The smallest absolute Gasteiger partial charge is 0.143 e. The molecule has 0 aliphatic carbocycles. The Morgan fingerprint density at radius 1 is 1.05 bits per heavy atom. The molecule has 0 aromatic heterocycles. The van der Waals surface area contributed by atoms with Crippen LogP contribution in [0.4, 0.5) is 0 Å². The predicted octanol–water partition coefficient (Wildman–Crippen LogP) is 5.04. The van der Waals surface area contributed by atoms with Crippen LogP contribution in [0.5, 0.6) is 0 Å². The molecule has 0 amide bonds. The number of rotatable bonds is 2. The van der Waals surface area contributed by atoms with E-state index in [1.807, 2.05) is 0 Å². The molecule has 0 N–H and O–H groups in total. The van der Waals surface area contributed by atoms with Crippen molar-refractivity contribution in [1.29, 1.82) is 0 Å². The van der Waals surface area contributed by atoms with E-state index in [1.54, 1.807) is 0 Å². The van der Waals surface area contributed by atoms with Gasteiger partial charge in [-0.05, 0) is 11.7 Å². The number of hydrogen-bond acceptors (Lipinski definition) is 0. The fourth-order valence-corrected chi connectivity index (χ4v) is 4.47. The summed E-state index contributed by atoms with van der Waals surface area (Å²) in [5.41, 5.74) is 4.64. The number of hydrogen-bond donors (Lipinski definition) is 0. The third-order valence-corrected chi connectivity index (χ3v) is 5.26. The van der Waals surface area contributed by atoms with Gasteiger partial charge in [-0.2, -0.15) is 0 Å². The average molecular weight is 250 g/mol. The van der Waals surface area contributed by atoms with Crippen LogP contribution < -0.4 is 0 Å². The Kier molecular flexibility index (Phi) is 3.94. The molecule has 1 atom stereocenters. The monoisotopic (exact) mass is 250 g/mol. The molecule has 2 bridgehead atoms. The zero-order valence-corrected chi connectivity index (χ0v) is 11.7. The first-order valence-corrected chi connectivity index (χ1v) is 7.81. The van der Waals surface area contributed by atoms with E-state index >= 15 is 0 Å². The van der Waals surface area contributed by atoms with Crippen LogP contribution in [0.1, 0.15) is 49.9 Å². The summed E-state index contributed by atoms with van der Waals surface area (Å²) in [6, 6.07) is 11.2. The van der Waals surface area contributed by atoms with Gasteiger partial charge in [0, 0.05) is 0 Å². The zero-order valence-electron chi connectivity index (χ0n) is 11.7.